The number of fused-ring (bicyclic) bond motifs is 1. The zero-order chi connectivity index (χ0) is 12.7. The predicted octanol–water partition coefficient (Wildman–Crippen LogP) is 0.775. The number of aromatic nitrogens is 4. The van der Waals surface area contributed by atoms with Crippen LogP contribution in [0.3, 0.4) is 0 Å². The second-order valence-electron chi connectivity index (χ2n) is 4.94. The van der Waals surface area contributed by atoms with Gasteiger partial charge in [0.15, 0.2) is 5.65 Å². The van der Waals surface area contributed by atoms with Crippen molar-refractivity contribution in [3.8, 4) is 0 Å². The third-order valence-electron chi connectivity index (χ3n) is 3.31. The Morgan fingerprint density at radius 3 is 2.78 bits per heavy atom. The SMILES string of the molecule is CCCn1c(=O)[nH]c(=O)c2[nH]c(CC3CC3)nc21. The molecule has 1 saturated carbocycles. The van der Waals surface area contributed by atoms with Crippen LogP contribution in [0.2, 0.25) is 0 Å². The van der Waals surface area contributed by atoms with Gasteiger partial charge in [0.2, 0.25) is 0 Å². The number of hydrogen-bond acceptors (Lipinski definition) is 3. The minimum atomic E-state index is -0.378. The Bertz CT molecular complexity index is 690. The number of aryl methyl sites for hydroxylation is 1. The molecule has 1 aliphatic rings. The van der Waals surface area contributed by atoms with E-state index in [9.17, 15) is 9.59 Å². The molecule has 0 aromatic carbocycles. The maximum atomic E-state index is 11.7. The van der Waals surface area contributed by atoms with Crippen LogP contribution in [0.5, 0.6) is 0 Å². The first-order valence-corrected chi connectivity index (χ1v) is 6.40. The van der Waals surface area contributed by atoms with Crippen LogP contribution < -0.4 is 11.2 Å². The molecule has 3 rings (SSSR count). The van der Waals surface area contributed by atoms with Crippen LogP contribution in [-0.2, 0) is 13.0 Å². The highest BCUT2D eigenvalue weighted by molar-refractivity contribution is 5.69. The molecule has 0 spiro atoms. The van der Waals surface area contributed by atoms with E-state index in [0.717, 1.165) is 18.7 Å². The van der Waals surface area contributed by atoms with Crippen LogP contribution in [0.25, 0.3) is 11.2 Å². The quantitative estimate of drug-likeness (QED) is 0.838. The number of rotatable bonds is 4. The van der Waals surface area contributed by atoms with Crippen LogP contribution in [0, 0.1) is 5.92 Å². The summed E-state index contributed by atoms with van der Waals surface area (Å²) in [4.78, 5) is 33.3. The molecule has 2 aromatic heterocycles. The first kappa shape index (κ1) is 11.3. The molecule has 6 heteroatoms. The molecule has 0 atom stereocenters. The van der Waals surface area contributed by atoms with Crippen LogP contribution in [0.4, 0.5) is 0 Å². The van der Waals surface area contributed by atoms with E-state index in [4.69, 9.17) is 0 Å². The van der Waals surface area contributed by atoms with Crippen molar-refractivity contribution in [1.29, 1.82) is 0 Å². The molecule has 0 saturated heterocycles. The molecule has 0 radical (unpaired) electrons. The zero-order valence-electron chi connectivity index (χ0n) is 10.3. The summed E-state index contributed by atoms with van der Waals surface area (Å²) < 4.78 is 1.53. The first-order chi connectivity index (χ1) is 8.69. The van der Waals surface area contributed by atoms with Gasteiger partial charge >= 0.3 is 5.69 Å². The number of hydrogen-bond donors (Lipinski definition) is 2. The average molecular weight is 248 g/mol. The summed E-state index contributed by atoms with van der Waals surface area (Å²) in [5.74, 6) is 1.50. The summed E-state index contributed by atoms with van der Waals surface area (Å²) >= 11 is 0. The fourth-order valence-electron chi connectivity index (χ4n) is 2.21. The molecule has 2 heterocycles. The molecule has 0 aliphatic heterocycles. The van der Waals surface area contributed by atoms with Crippen molar-refractivity contribution in [2.45, 2.75) is 39.2 Å². The summed E-state index contributed by atoms with van der Waals surface area (Å²) in [5.41, 5.74) is 0.149. The van der Waals surface area contributed by atoms with Gasteiger partial charge in [-0.3, -0.25) is 14.3 Å². The Morgan fingerprint density at radius 2 is 2.11 bits per heavy atom. The van der Waals surface area contributed by atoms with Crippen molar-refractivity contribution in [1.82, 2.24) is 19.5 Å². The Labute approximate surface area is 103 Å². The number of H-pyrrole nitrogens is 2. The predicted molar refractivity (Wildman–Crippen MR) is 67.7 cm³/mol. The topological polar surface area (TPSA) is 83.5 Å². The second-order valence-corrected chi connectivity index (χ2v) is 4.94. The van der Waals surface area contributed by atoms with E-state index in [1.807, 2.05) is 6.92 Å². The van der Waals surface area contributed by atoms with Gasteiger partial charge in [0.25, 0.3) is 5.56 Å². The van der Waals surface area contributed by atoms with Gasteiger partial charge in [-0.15, -0.1) is 0 Å². The van der Waals surface area contributed by atoms with Crippen molar-refractivity contribution >= 4 is 11.2 Å². The molecule has 6 nitrogen and oxygen atoms in total. The maximum absolute atomic E-state index is 11.7. The lowest BCUT2D eigenvalue weighted by atomic mass is 10.3. The highest BCUT2D eigenvalue weighted by Crippen LogP contribution is 2.31. The average Bonchev–Trinajstić information content (AvgIpc) is 3.02. The Morgan fingerprint density at radius 1 is 1.33 bits per heavy atom. The first-order valence-electron chi connectivity index (χ1n) is 6.40. The van der Waals surface area contributed by atoms with Crippen molar-refractivity contribution in [3.05, 3.63) is 26.7 Å². The molecular weight excluding hydrogens is 232 g/mol. The number of nitrogens with one attached hydrogen (secondary N) is 2. The highest BCUT2D eigenvalue weighted by atomic mass is 16.2. The van der Waals surface area contributed by atoms with E-state index in [2.05, 4.69) is 15.0 Å². The fourth-order valence-corrected chi connectivity index (χ4v) is 2.21. The van der Waals surface area contributed by atoms with Gasteiger partial charge in [-0.05, 0) is 25.2 Å². The fraction of sp³-hybridized carbons (Fsp3) is 0.583. The van der Waals surface area contributed by atoms with Gasteiger partial charge in [0.05, 0.1) is 0 Å². The molecule has 1 aliphatic carbocycles. The molecule has 2 aromatic rings. The molecule has 96 valence electrons. The number of aromatic amines is 2. The van der Waals surface area contributed by atoms with Crippen LogP contribution in [0.1, 0.15) is 32.0 Å². The highest BCUT2D eigenvalue weighted by Gasteiger charge is 2.23. The monoisotopic (exact) mass is 248 g/mol. The lowest BCUT2D eigenvalue weighted by molar-refractivity contribution is 0.651. The summed E-state index contributed by atoms with van der Waals surface area (Å²) in [6, 6.07) is 0. The van der Waals surface area contributed by atoms with Crippen molar-refractivity contribution in [2.24, 2.45) is 5.92 Å². The zero-order valence-corrected chi connectivity index (χ0v) is 10.3. The lowest BCUT2D eigenvalue weighted by Crippen LogP contribution is -2.30. The Kier molecular flexibility index (Phi) is 2.57. The van der Waals surface area contributed by atoms with Crippen LogP contribution >= 0.6 is 0 Å². The number of imidazole rings is 1. The molecule has 0 amide bonds. The molecule has 1 fully saturated rings. The van der Waals surface area contributed by atoms with Gasteiger partial charge in [0, 0.05) is 13.0 Å². The van der Waals surface area contributed by atoms with Crippen LogP contribution in [0.15, 0.2) is 9.59 Å². The molecule has 0 unspecified atom stereocenters. The van der Waals surface area contributed by atoms with Gasteiger partial charge in [0.1, 0.15) is 11.3 Å². The van der Waals surface area contributed by atoms with Gasteiger partial charge < -0.3 is 4.98 Å². The minimum absolute atomic E-state index is 0.376. The summed E-state index contributed by atoms with van der Waals surface area (Å²) in [6.07, 6.45) is 4.16. The van der Waals surface area contributed by atoms with Gasteiger partial charge in [-0.2, -0.15) is 0 Å². The third kappa shape index (κ3) is 1.87. The minimum Gasteiger partial charge on any atom is -0.336 e. The van der Waals surface area contributed by atoms with Crippen molar-refractivity contribution in [3.63, 3.8) is 0 Å². The molecule has 2 N–H and O–H groups in total. The third-order valence-corrected chi connectivity index (χ3v) is 3.31. The lowest BCUT2D eigenvalue weighted by Gasteiger charge is -2.02. The van der Waals surface area contributed by atoms with Crippen LogP contribution in [-0.4, -0.2) is 19.5 Å². The molecular formula is C12H16N4O2. The van der Waals surface area contributed by atoms with Crippen molar-refractivity contribution in [2.75, 3.05) is 0 Å². The van der Waals surface area contributed by atoms with Gasteiger partial charge in [-0.1, -0.05) is 6.92 Å². The Hall–Kier alpha value is -1.85. The smallest absolute Gasteiger partial charge is 0.330 e. The van der Waals surface area contributed by atoms with E-state index < -0.39 is 0 Å². The van der Waals surface area contributed by atoms with Gasteiger partial charge in [-0.25, -0.2) is 9.78 Å². The maximum Gasteiger partial charge on any atom is 0.330 e. The summed E-state index contributed by atoms with van der Waals surface area (Å²) in [7, 11) is 0. The van der Waals surface area contributed by atoms with E-state index in [0.29, 0.717) is 23.6 Å². The summed E-state index contributed by atoms with van der Waals surface area (Å²) in [6.45, 7) is 2.56. The Balaban J connectivity index is 2.16. The van der Waals surface area contributed by atoms with Crippen molar-refractivity contribution < 1.29 is 0 Å². The normalized spacial score (nSPS) is 15.4. The van der Waals surface area contributed by atoms with E-state index in [1.165, 1.54) is 17.4 Å². The molecule has 18 heavy (non-hydrogen) atoms. The van der Waals surface area contributed by atoms with E-state index >= 15 is 0 Å². The second kappa shape index (κ2) is 4.12. The number of nitrogens with zero attached hydrogens (tertiary/aromatic N) is 2. The molecule has 0 bridgehead atoms. The standard InChI is InChI=1S/C12H16N4O2/c1-2-5-16-10-9(11(17)15-12(16)18)13-8(14-10)6-7-3-4-7/h7H,2-6H2,1H3,(H,13,14)(H,15,17,18). The summed E-state index contributed by atoms with van der Waals surface area (Å²) in [5, 5.41) is 0. The van der Waals surface area contributed by atoms with E-state index in [-0.39, 0.29) is 11.2 Å². The largest absolute Gasteiger partial charge is 0.336 e. The van der Waals surface area contributed by atoms with E-state index in [1.54, 1.807) is 0 Å².